The summed E-state index contributed by atoms with van der Waals surface area (Å²) in [5, 5.41) is 0. The van der Waals surface area contributed by atoms with Crippen LogP contribution in [0.4, 0.5) is 17.1 Å². The third-order valence-corrected chi connectivity index (χ3v) is 4.66. The molecular weight excluding hydrogens is 302 g/mol. The van der Waals surface area contributed by atoms with E-state index in [-0.39, 0.29) is 6.17 Å². The smallest absolute Gasteiger partial charge is 0.133 e. The number of hydrogen-bond acceptors (Lipinski definition) is 5. The van der Waals surface area contributed by atoms with Crippen molar-refractivity contribution < 1.29 is 9.47 Å². The maximum Gasteiger partial charge on any atom is 0.133 e. The Morgan fingerprint density at radius 1 is 0.917 bits per heavy atom. The zero-order valence-corrected chi connectivity index (χ0v) is 15.2. The van der Waals surface area contributed by atoms with E-state index >= 15 is 0 Å². The summed E-state index contributed by atoms with van der Waals surface area (Å²) < 4.78 is 11.2. The number of anilines is 3. The van der Waals surface area contributed by atoms with E-state index in [9.17, 15) is 0 Å². The van der Waals surface area contributed by atoms with Crippen LogP contribution in [0, 0.1) is 0 Å². The van der Waals surface area contributed by atoms with Crippen LogP contribution in [-0.4, -0.2) is 42.4 Å². The normalized spacial score (nSPS) is 13.9. The molecule has 0 saturated carbocycles. The highest BCUT2D eigenvalue weighted by atomic mass is 16.5. The second-order valence-electron chi connectivity index (χ2n) is 6.24. The van der Waals surface area contributed by atoms with Gasteiger partial charge in [-0.25, -0.2) is 0 Å². The van der Waals surface area contributed by atoms with Gasteiger partial charge in [-0.05, 0) is 12.1 Å². The molecule has 2 aromatic rings. The first-order valence-corrected chi connectivity index (χ1v) is 7.97. The molecule has 0 bridgehead atoms. The van der Waals surface area contributed by atoms with Crippen LogP contribution < -0.4 is 24.2 Å². The number of nitrogens with zero attached hydrogens (tertiary/aromatic N) is 3. The number of rotatable bonds is 4. The highest BCUT2D eigenvalue weighted by Crippen LogP contribution is 2.49. The number of benzene rings is 2. The second-order valence-corrected chi connectivity index (χ2v) is 6.24. The molecule has 5 nitrogen and oxygen atoms in total. The van der Waals surface area contributed by atoms with E-state index in [2.05, 4.69) is 59.1 Å². The van der Waals surface area contributed by atoms with Gasteiger partial charge in [0.1, 0.15) is 17.7 Å². The summed E-state index contributed by atoms with van der Waals surface area (Å²) in [4.78, 5) is 6.67. The second kappa shape index (κ2) is 6.15. The van der Waals surface area contributed by atoms with Crippen molar-refractivity contribution >= 4 is 17.1 Å². The topological polar surface area (TPSA) is 28.2 Å². The molecule has 0 amide bonds. The minimum Gasteiger partial charge on any atom is -0.497 e. The summed E-state index contributed by atoms with van der Waals surface area (Å²) in [7, 11) is 11.7. The van der Waals surface area contributed by atoms with Crippen molar-refractivity contribution in [3.8, 4) is 11.5 Å². The van der Waals surface area contributed by atoms with Crippen molar-refractivity contribution in [2.24, 2.45) is 0 Å². The standard InChI is InChI=1S/C19H25N3O2/c1-20(2)16-11-13(23-5)12-17(24-6)18(16)19-21(3)14-9-7-8-10-15(14)22(19)4/h7-12,19H,1-6H3. The molecule has 0 atom stereocenters. The van der Waals surface area contributed by atoms with Crippen LogP contribution in [0.3, 0.4) is 0 Å². The Labute approximate surface area is 144 Å². The lowest BCUT2D eigenvalue weighted by molar-refractivity contribution is 0.388. The SMILES string of the molecule is COc1cc(OC)c(C2N(C)c3ccccc3N2C)c(N(C)C)c1. The third-order valence-electron chi connectivity index (χ3n) is 4.66. The van der Waals surface area contributed by atoms with E-state index in [1.165, 1.54) is 11.4 Å². The lowest BCUT2D eigenvalue weighted by Crippen LogP contribution is -2.32. The van der Waals surface area contributed by atoms with Crippen molar-refractivity contribution in [3.05, 3.63) is 42.0 Å². The molecule has 0 saturated heterocycles. The monoisotopic (exact) mass is 327 g/mol. The van der Waals surface area contributed by atoms with E-state index in [1.54, 1.807) is 14.2 Å². The maximum absolute atomic E-state index is 5.73. The molecule has 24 heavy (non-hydrogen) atoms. The highest BCUT2D eigenvalue weighted by molar-refractivity contribution is 5.80. The third kappa shape index (κ3) is 2.40. The van der Waals surface area contributed by atoms with Crippen molar-refractivity contribution in [1.29, 1.82) is 0 Å². The molecule has 2 aromatic carbocycles. The Balaban J connectivity index is 2.19. The van der Waals surface area contributed by atoms with E-state index in [0.717, 1.165) is 22.7 Å². The molecule has 0 spiro atoms. The van der Waals surface area contributed by atoms with Gasteiger partial charge in [-0.1, -0.05) is 12.1 Å². The van der Waals surface area contributed by atoms with Gasteiger partial charge in [0.25, 0.3) is 0 Å². The van der Waals surface area contributed by atoms with Gasteiger partial charge >= 0.3 is 0 Å². The van der Waals surface area contributed by atoms with Crippen molar-refractivity contribution in [2.45, 2.75) is 6.17 Å². The number of para-hydroxylation sites is 2. The fraction of sp³-hybridized carbons (Fsp3) is 0.368. The molecule has 0 unspecified atom stereocenters. The molecule has 1 heterocycles. The molecule has 0 aliphatic carbocycles. The van der Waals surface area contributed by atoms with Crippen molar-refractivity contribution in [2.75, 3.05) is 57.1 Å². The number of ether oxygens (including phenoxy) is 2. The van der Waals surface area contributed by atoms with Crippen molar-refractivity contribution in [1.82, 2.24) is 0 Å². The minimum atomic E-state index is 0.0562. The Kier molecular flexibility index (Phi) is 4.18. The lowest BCUT2D eigenvalue weighted by atomic mass is 10.1. The quantitative estimate of drug-likeness (QED) is 0.859. The van der Waals surface area contributed by atoms with Gasteiger partial charge in [0.2, 0.25) is 0 Å². The minimum absolute atomic E-state index is 0.0562. The van der Waals surface area contributed by atoms with E-state index in [0.29, 0.717) is 0 Å². The van der Waals surface area contributed by atoms with Crippen LogP contribution in [0.25, 0.3) is 0 Å². The Bertz CT molecular complexity index is 716. The summed E-state index contributed by atoms with van der Waals surface area (Å²) in [6.45, 7) is 0. The van der Waals surface area contributed by atoms with Crippen LogP contribution in [0.1, 0.15) is 11.7 Å². The predicted octanol–water partition coefficient (Wildman–Crippen LogP) is 3.35. The van der Waals surface area contributed by atoms with E-state index in [1.807, 2.05) is 20.2 Å². The number of methoxy groups -OCH3 is 2. The fourth-order valence-corrected chi connectivity index (χ4v) is 3.47. The Morgan fingerprint density at radius 3 is 1.96 bits per heavy atom. The van der Waals surface area contributed by atoms with Gasteiger partial charge in [0.05, 0.1) is 36.8 Å². The van der Waals surface area contributed by atoms with Gasteiger partial charge in [0, 0.05) is 40.3 Å². The Hall–Kier alpha value is -2.56. The van der Waals surface area contributed by atoms with Crippen LogP contribution in [0.2, 0.25) is 0 Å². The average molecular weight is 327 g/mol. The summed E-state index contributed by atoms with van der Waals surface area (Å²) in [6, 6.07) is 12.5. The number of hydrogen-bond donors (Lipinski definition) is 0. The molecular formula is C19H25N3O2. The van der Waals surface area contributed by atoms with Gasteiger partial charge in [-0.15, -0.1) is 0 Å². The molecule has 128 valence electrons. The summed E-state index contributed by atoms with van der Waals surface area (Å²) in [5.41, 5.74) is 4.65. The summed E-state index contributed by atoms with van der Waals surface area (Å²) >= 11 is 0. The lowest BCUT2D eigenvalue weighted by Gasteiger charge is -2.33. The first kappa shape index (κ1) is 16.3. The zero-order chi connectivity index (χ0) is 17.4. The Morgan fingerprint density at radius 2 is 1.50 bits per heavy atom. The van der Waals surface area contributed by atoms with Gasteiger partial charge < -0.3 is 24.2 Å². The molecule has 0 N–H and O–H groups in total. The fourth-order valence-electron chi connectivity index (χ4n) is 3.47. The molecule has 0 fully saturated rings. The summed E-state index contributed by atoms with van der Waals surface area (Å²) in [6.07, 6.45) is 0.0562. The van der Waals surface area contributed by atoms with Crippen LogP contribution >= 0.6 is 0 Å². The first-order chi connectivity index (χ1) is 11.5. The number of fused-ring (bicyclic) bond motifs is 1. The molecule has 0 radical (unpaired) electrons. The molecule has 0 aromatic heterocycles. The van der Waals surface area contributed by atoms with Crippen LogP contribution in [0.5, 0.6) is 11.5 Å². The molecule has 3 rings (SSSR count). The zero-order valence-electron chi connectivity index (χ0n) is 15.2. The van der Waals surface area contributed by atoms with Gasteiger partial charge in [-0.3, -0.25) is 0 Å². The van der Waals surface area contributed by atoms with Crippen LogP contribution in [0.15, 0.2) is 36.4 Å². The largest absolute Gasteiger partial charge is 0.497 e. The summed E-state index contributed by atoms with van der Waals surface area (Å²) in [5.74, 6) is 1.62. The van der Waals surface area contributed by atoms with Gasteiger partial charge in [-0.2, -0.15) is 0 Å². The van der Waals surface area contributed by atoms with E-state index < -0.39 is 0 Å². The van der Waals surface area contributed by atoms with Gasteiger partial charge in [0.15, 0.2) is 0 Å². The van der Waals surface area contributed by atoms with Crippen LogP contribution in [-0.2, 0) is 0 Å². The first-order valence-electron chi connectivity index (χ1n) is 7.97. The van der Waals surface area contributed by atoms with E-state index in [4.69, 9.17) is 9.47 Å². The average Bonchev–Trinajstić information content (AvgIpc) is 2.85. The van der Waals surface area contributed by atoms with Crippen molar-refractivity contribution in [3.63, 3.8) is 0 Å². The highest BCUT2D eigenvalue weighted by Gasteiger charge is 2.36. The molecule has 1 aliphatic heterocycles. The predicted molar refractivity (Wildman–Crippen MR) is 99.9 cm³/mol. The molecule has 5 heteroatoms. The maximum atomic E-state index is 5.73. The molecule has 1 aliphatic rings.